The maximum absolute atomic E-state index is 11.5. The Morgan fingerprint density at radius 3 is 3.12 bits per heavy atom. The largest absolute Gasteiger partial charge is 0.508 e. The maximum atomic E-state index is 11.5. The predicted octanol–water partition coefficient (Wildman–Crippen LogP) is 1.18. The van der Waals surface area contributed by atoms with E-state index in [0.29, 0.717) is 26.0 Å². The molecule has 1 atom stereocenters. The van der Waals surface area contributed by atoms with E-state index in [9.17, 15) is 9.90 Å². The lowest BCUT2D eigenvalue weighted by atomic mass is 10.1. The SMILES string of the molecule is CN1CC(Cc2cccc(O)c2)OCCC1=O. The van der Waals surface area contributed by atoms with Crippen LogP contribution >= 0.6 is 0 Å². The van der Waals surface area contributed by atoms with Gasteiger partial charge in [0.2, 0.25) is 5.91 Å². The normalized spacial score (nSPS) is 21.4. The Labute approximate surface area is 101 Å². The Kier molecular flexibility index (Phi) is 3.64. The van der Waals surface area contributed by atoms with Crippen LogP contribution in [0, 0.1) is 0 Å². The van der Waals surface area contributed by atoms with Crippen LogP contribution < -0.4 is 0 Å². The van der Waals surface area contributed by atoms with Crippen molar-refractivity contribution in [2.24, 2.45) is 0 Å². The lowest BCUT2D eigenvalue weighted by Gasteiger charge is -2.20. The van der Waals surface area contributed by atoms with E-state index < -0.39 is 0 Å². The number of phenols is 1. The predicted molar refractivity (Wildman–Crippen MR) is 63.8 cm³/mol. The van der Waals surface area contributed by atoms with Crippen LogP contribution in [0.5, 0.6) is 5.75 Å². The molecule has 1 aromatic rings. The molecule has 0 spiro atoms. The number of amides is 1. The lowest BCUT2D eigenvalue weighted by Crippen LogP contribution is -2.32. The molecule has 1 aromatic carbocycles. The van der Waals surface area contributed by atoms with E-state index in [2.05, 4.69) is 0 Å². The van der Waals surface area contributed by atoms with Gasteiger partial charge in [-0.3, -0.25) is 4.79 Å². The van der Waals surface area contributed by atoms with Crippen molar-refractivity contribution in [3.8, 4) is 5.75 Å². The Morgan fingerprint density at radius 1 is 1.53 bits per heavy atom. The Balaban J connectivity index is 2.01. The van der Waals surface area contributed by atoms with Gasteiger partial charge >= 0.3 is 0 Å². The molecule has 1 heterocycles. The van der Waals surface area contributed by atoms with Crippen molar-refractivity contribution in [2.75, 3.05) is 20.2 Å². The third-order valence-electron chi connectivity index (χ3n) is 2.95. The van der Waals surface area contributed by atoms with Crippen LogP contribution in [0.15, 0.2) is 24.3 Å². The van der Waals surface area contributed by atoms with Crippen molar-refractivity contribution in [1.82, 2.24) is 4.90 Å². The molecular weight excluding hydrogens is 218 g/mol. The zero-order valence-corrected chi connectivity index (χ0v) is 9.93. The van der Waals surface area contributed by atoms with Gasteiger partial charge in [-0.2, -0.15) is 0 Å². The molecule has 0 bridgehead atoms. The standard InChI is InChI=1S/C13H17NO3/c1-14-9-12(17-6-5-13(14)16)8-10-3-2-4-11(15)7-10/h2-4,7,12,15H,5-6,8-9H2,1H3. The second-order valence-electron chi connectivity index (χ2n) is 4.39. The quantitative estimate of drug-likeness (QED) is 0.837. The second kappa shape index (κ2) is 5.19. The molecule has 1 aliphatic rings. The highest BCUT2D eigenvalue weighted by Crippen LogP contribution is 2.15. The first kappa shape index (κ1) is 11.9. The number of rotatable bonds is 2. The van der Waals surface area contributed by atoms with Crippen LogP contribution in [0.2, 0.25) is 0 Å². The fraction of sp³-hybridized carbons (Fsp3) is 0.462. The molecule has 1 aliphatic heterocycles. The number of carbonyl (C=O) groups excluding carboxylic acids is 1. The highest BCUT2D eigenvalue weighted by molar-refractivity contribution is 5.76. The molecule has 1 fully saturated rings. The van der Waals surface area contributed by atoms with E-state index in [1.807, 2.05) is 12.1 Å². The fourth-order valence-corrected chi connectivity index (χ4v) is 2.03. The van der Waals surface area contributed by atoms with Crippen molar-refractivity contribution in [3.05, 3.63) is 29.8 Å². The van der Waals surface area contributed by atoms with Crippen molar-refractivity contribution < 1.29 is 14.6 Å². The van der Waals surface area contributed by atoms with Crippen molar-refractivity contribution in [3.63, 3.8) is 0 Å². The zero-order valence-electron chi connectivity index (χ0n) is 9.93. The highest BCUT2D eigenvalue weighted by Gasteiger charge is 2.21. The minimum atomic E-state index is 0.00764. The van der Waals surface area contributed by atoms with E-state index >= 15 is 0 Å². The van der Waals surface area contributed by atoms with Gasteiger partial charge in [-0.25, -0.2) is 0 Å². The number of carbonyl (C=O) groups is 1. The summed E-state index contributed by atoms with van der Waals surface area (Å²) in [5.41, 5.74) is 1.03. The molecule has 0 aromatic heterocycles. The third kappa shape index (κ3) is 3.20. The van der Waals surface area contributed by atoms with Crippen molar-refractivity contribution in [1.29, 1.82) is 0 Å². The number of nitrogens with zero attached hydrogens (tertiary/aromatic N) is 1. The van der Waals surface area contributed by atoms with Crippen LogP contribution in [0.3, 0.4) is 0 Å². The number of phenolic OH excluding ortho intramolecular Hbond substituents is 1. The summed E-state index contributed by atoms with van der Waals surface area (Å²) in [5.74, 6) is 0.393. The van der Waals surface area contributed by atoms with E-state index in [1.165, 1.54) is 0 Å². The first-order valence-corrected chi connectivity index (χ1v) is 5.78. The number of hydrogen-bond donors (Lipinski definition) is 1. The van der Waals surface area contributed by atoms with Crippen molar-refractivity contribution >= 4 is 5.91 Å². The van der Waals surface area contributed by atoms with E-state index in [1.54, 1.807) is 24.1 Å². The molecule has 1 unspecified atom stereocenters. The second-order valence-corrected chi connectivity index (χ2v) is 4.39. The molecule has 1 amide bonds. The molecule has 92 valence electrons. The lowest BCUT2D eigenvalue weighted by molar-refractivity contribution is -0.129. The molecule has 0 radical (unpaired) electrons. The van der Waals surface area contributed by atoms with Crippen molar-refractivity contribution in [2.45, 2.75) is 18.9 Å². The van der Waals surface area contributed by atoms with Gasteiger partial charge in [-0.15, -0.1) is 0 Å². The Morgan fingerprint density at radius 2 is 2.35 bits per heavy atom. The highest BCUT2D eigenvalue weighted by atomic mass is 16.5. The number of likely N-dealkylation sites (N-methyl/N-ethyl adjacent to an activating group) is 1. The number of aromatic hydroxyl groups is 1. The zero-order chi connectivity index (χ0) is 12.3. The molecule has 17 heavy (non-hydrogen) atoms. The molecule has 2 rings (SSSR count). The molecular formula is C13H17NO3. The summed E-state index contributed by atoms with van der Waals surface area (Å²) in [6, 6.07) is 7.15. The first-order chi connectivity index (χ1) is 8.15. The molecule has 4 heteroatoms. The topological polar surface area (TPSA) is 49.8 Å². The van der Waals surface area contributed by atoms with Gasteiger partial charge in [0.25, 0.3) is 0 Å². The number of hydrogen-bond acceptors (Lipinski definition) is 3. The minimum Gasteiger partial charge on any atom is -0.508 e. The fourth-order valence-electron chi connectivity index (χ4n) is 2.03. The van der Waals surface area contributed by atoms with Gasteiger partial charge in [0.05, 0.1) is 19.1 Å². The Bertz CT molecular complexity index is 405. The van der Waals surface area contributed by atoms with Crippen LogP contribution in [0.4, 0.5) is 0 Å². The molecule has 0 aliphatic carbocycles. The van der Waals surface area contributed by atoms with Gasteiger partial charge in [-0.05, 0) is 17.7 Å². The molecule has 1 saturated heterocycles. The minimum absolute atomic E-state index is 0.00764. The number of ether oxygens (including phenoxy) is 1. The molecule has 0 saturated carbocycles. The van der Waals surface area contributed by atoms with E-state index in [0.717, 1.165) is 5.56 Å². The summed E-state index contributed by atoms with van der Waals surface area (Å²) in [6.07, 6.45) is 1.17. The summed E-state index contributed by atoms with van der Waals surface area (Å²) in [4.78, 5) is 13.2. The van der Waals surface area contributed by atoms with E-state index in [-0.39, 0.29) is 17.8 Å². The smallest absolute Gasteiger partial charge is 0.224 e. The molecule has 1 N–H and O–H groups in total. The Hall–Kier alpha value is -1.55. The molecule has 4 nitrogen and oxygen atoms in total. The number of benzene rings is 1. The maximum Gasteiger partial charge on any atom is 0.224 e. The summed E-state index contributed by atoms with van der Waals surface area (Å²) in [5, 5.41) is 9.39. The van der Waals surface area contributed by atoms with Crippen LogP contribution in [-0.2, 0) is 16.0 Å². The van der Waals surface area contributed by atoms with Gasteiger partial charge in [0.1, 0.15) is 5.75 Å². The summed E-state index contributed by atoms with van der Waals surface area (Å²) in [6.45, 7) is 1.08. The van der Waals surface area contributed by atoms with Gasteiger partial charge in [0.15, 0.2) is 0 Å². The third-order valence-corrected chi connectivity index (χ3v) is 2.95. The first-order valence-electron chi connectivity index (χ1n) is 5.78. The summed E-state index contributed by atoms with van der Waals surface area (Å²) in [7, 11) is 1.80. The van der Waals surface area contributed by atoms with Gasteiger partial charge in [-0.1, -0.05) is 12.1 Å². The van der Waals surface area contributed by atoms with E-state index in [4.69, 9.17) is 4.74 Å². The average Bonchev–Trinajstić information content (AvgIpc) is 2.42. The summed E-state index contributed by atoms with van der Waals surface area (Å²) >= 11 is 0. The van der Waals surface area contributed by atoms with Gasteiger partial charge in [0, 0.05) is 20.0 Å². The average molecular weight is 235 g/mol. The monoisotopic (exact) mass is 235 g/mol. The van der Waals surface area contributed by atoms with Crippen LogP contribution in [0.25, 0.3) is 0 Å². The van der Waals surface area contributed by atoms with Gasteiger partial charge < -0.3 is 14.7 Å². The van der Waals surface area contributed by atoms with Crippen LogP contribution in [0.1, 0.15) is 12.0 Å². The van der Waals surface area contributed by atoms with Crippen LogP contribution in [-0.4, -0.2) is 42.2 Å². The summed E-state index contributed by atoms with van der Waals surface area (Å²) < 4.78 is 5.64.